The van der Waals surface area contributed by atoms with Crippen molar-refractivity contribution in [1.29, 1.82) is 0 Å². The van der Waals surface area contributed by atoms with Gasteiger partial charge in [0.15, 0.2) is 9.84 Å². The van der Waals surface area contributed by atoms with Gasteiger partial charge in [0.1, 0.15) is 11.0 Å². The van der Waals surface area contributed by atoms with Crippen LogP contribution in [-0.2, 0) is 9.84 Å². The summed E-state index contributed by atoms with van der Waals surface area (Å²) in [6.07, 6.45) is 0. The summed E-state index contributed by atoms with van der Waals surface area (Å²) in [5, 5.41) is -0.562. The number of benzene rings is 1. The largest absolute Gasteiger partial charge is 0.494 e. The van der Waals surface area contributed by atoms with Crippen molar-refractivity contribution in [2.45, 2.75) is 18.2 Å². The molecule has 0 spiro atoms. The van der Waals surface area contributed by atoms with Crippen molar-refractivity contribution in [3.05, 3.63) is 29.8 Å². The van der Waals surface area contributed by atoms with Crippen LogP contribution in [0.1, 0.15) is 17.7 Å². The minimum atomic E-state index is -3.04. The van der Waals surface area contributed by atoms with Gasteiger partial charge in [0.05, 0.1) is 12.4 Å². The lowest BCUT2D eigenvalue weighted by atomic mass is 10.1. The molecule has 0 amide bonds. The van der Waals surface area contributed by atoms with Gasteiger partial charge in [-0.3, -0.25) is 0 Å². The van der Waals surface area contributed by atoms with E-state index in [2.05, 4.69) is 0 Å². The molecule has 1 aliphatic heterocycles. The minimum absolute atomic E-state index is 0.0799. The number of nitrogens with two attached hydrogens (primary N) is 1. The quantitative estimate of drug-likeness (QED) is 0.853. The molecule has 16 heavy (non-hydrogen) atoms. The van der Waals surface area contributed by atoms with E-state index in [4.69, 9.17) is 10.5 Å². The molecule has 1 aromatic carbocycles. The van der Waals surface area contributed by atoms with Crippen LogP contribution in [0.4, 0.5) is 0 Å². The first-order valence-electron chi connectivity index (χ1n) is 5.24. The van der Waals surface area contributed by atoms with Crippen molar-refractivity contribution in [3.63, 3.8) is 0 Å². The third-order valence-corrected chi connectivity index (χ3v) is 4.94. The Bertz CT molecular complexity index is 484. The molecule has 0 saturated carbocycles. The predicted octanol–water partition coefficient (Wildman–Crippen LogP) is 0.882. The van der Waals surface area contributed by atoms with E-state index in [0.29, 0.717) is 12.4 Å². The zero-order valence-corrected chi connectivity index (χ0v) is 9.91. The molecule has 1 aromatic rings. The number of rotatable bonds is 3. The SMILES string of the molecule is CCOc1cccc(C2C(N)CS2(=O)=O)c1. The molecule has 1 aliphatic rings. The normalized spacial score (nSPS) is 27.1. The maximum Gasteiger partial charge on any atom is 0.160 e. The highest BCUT2D eigenvalue weighted by molar-refractivity contribution is 7.93. The lowest BCUT2D eigenvalue weighted by molar-refractivity contribution is 0.339. The van der Waals surface area contributed by atoms with Crippen LogP contribution < -0.4 is 10.5 Å². The lowest BCUT2D eigenvalue weighted by Gasteiger charge is -2.33. The summed E-state index contributed by atoms with van der Waals surface area (Å²) in [5.74, 6) is 0.769. The molecule has 5 heteroatoms. The molecule has 1 saturated heterocycles. The fraction of sp³-hybridized carbons (Fsp3) is 0.455. The Hall–Kier alpha value is -1.07. The highest BCUT2D eigenvalue weighted by Gasteiger charge is 2.44. The van der Waals surface area contributed by atoms with Gasteiger partial charge in [-0.15, -0.1) is 0 Å². The molecule has 2 atom stereocenters. The van der Waals surface area contributed by atoms with Gasteiger partial charge < -0.3 is 10.5 Å². The van der Waals surface area contributed by atoms with E-state index in [9.17, 15) is 8.42 Å². The maximum atomic E-state index is 11.6. The molecule has 0 bridgehead atoms. The zero-order valence-electron chi connectivity index (χ0n) is 9.09. The number of ether oxygens (including phenoxy) is 1. The second-order valence-electron chi connectivity index (χ2n) is 3.92. The Labute approximate surface area is 95.3 Å². The zero-order chi connectivity index (χ0) is 11.8. The van der Waals surface area contributed by atoms with E-state index in [1.54, 1.807) is 18.2 Å². The first-order chi connectivity index (χ1) is 7.54. The fourth-order valence-electron chi connectivity index (χ4n) is 2.01. The Morgan fingerprint density at radius 2 is 2.25 bits per heavy atom. The van der Waals surface area contributed by atoms with Gasteiger partial charge in [0, 0.05) is 6.04 Å². The summed E-state index contributed by atoms with van der Waals surface area (Å²) in [6, 6.07) is 6.85. The van der Waals surface area contributed by atoms with E-state index < -0.39 is 15.1 Å². The first-order valence-corrected chi connectivity index (χ1v) is 6.96. The number of sulfone groups is 1. The second-order valence-corrected chi connectivity index (χ2v) is 6.09. The summed E-state index contributed by atoms with van der Waals surface area (Å²) in [4.78, 5) is 0. The summed E-state index contributed by atoms with van der Waals surface area (Å²) >= 11 is 0. The topological polar surface area (TPSA) is 69.4 Å². The fourth-order valence-corrected chi connectivity index (χ4v) is 3.77. The molecular weight excluding hydrogens is 226 g/mol. The summed E-state index contributed by atoms with van der Waals surface area (Å²) in [6.45, 7) is 2.45. The third-order valence-electron chi connectivity index (χ3n) is 2.70. The van der Waals surface area contributed by atoms with E-state index in [0.717, 1.165) is 5.56 Å². The van der Waals surface area contributed by atoms with Gasteiger partial charge in [-0.1, -0.05) is 12.1 Å². The van der Waals surface area contributed by atoms with Crippen LogP contribution in [0.3, 0.4) is 0 Å². The highest BCUT2D eigenvalue weighted by atomic mass is 32.2. The molecule has 2 rings (SSSR count). The Morgan fingerprint density at radius 1 is 1.50 bits per heavy atom. The average molecular weight is 241 g/mol. The van der Waals surface area contributed by atoms with Gasteiger partial charge >= 0.3 is 0 Å². The summed E-state index contributed by atoms with van der Waals surface area (Å²) < 4.78 is 28.5. The van der Waals surface area contributed by atoms with Gasteiger partial charge in [0.2, 0.25) is 0 Å². The summed E-state index contributed by atoms with van der Waals surface area (Å²) in [7, 11) is -3.04. The smallest absolute Gasteiger partial charge is 0.160 e. The van der Waals surface area contributed by atoms with Gasteiger partial charge in [-0.25, -0.2) is 8.42 Å². The second kappa shape index (κ2) is 4.07. The van der Waals surface area contributed by atoms with E-state index in [1.807, 2.05) is 13.0 Å². The van der Waals surface area contributed by atoms with Crippen LogP contribution >= 0.6 is 0 Å². The van der Waals surface area contributed by atoms with Crippen molar-refractivity contribution in [3.8, 4) is 5.75 Å². The monoisotopic (exact) mass is 241 g/mol. The average Bonchev–Trinajstić information content (AvgIpc) is 2.17. The molecule has 0 radical (unpaired) electrons. The Balaban J connectivity index is 2.30. The number of hydrogen-bond donors (Lipinski definition) is 1. The first kappa shape index (κ1) is 11.4. The van der Waals surface area contributed by atoms with Crippen molar-refractivity contribution in [2.75, 3.05) is 12.4 Å². The molecule has 0 aromatic heterocycles. The highest BCUT2D eigenvalue weighted by Crippen LogP contribution is 2.36. The van der Waals surface area contributed by atoms with Crippen LogP contribution in [0.25, 0.3) is 0 Å². The molecule has 0 aliphatic carbocycles. The predicted molar refractivity (Wildman–Crippen MR) is 62.1 cm³/mol. The van der Waals surface area contributed by atoms with Crippen LogP contribution in [-0.4, -0.2) is 26.8 Å². The van der Waals surface area contributed by atoms with Gasteiger partial charge in [-0.05, 0) is 24.6 Å². The van der Waals surface area contributed by atoms with Crippen molar-refractivity contribution in [2.24, 2.45) is 5.73 Å². The van der Waals surface area contributed by atoms with Gasteiger partial charge in [0.25, 0.3) is 0 Å². The number of hydrogen-bond acceptors (Lipinski definition) is 4. The van der Waals surface area contributed by atoms with Crippen LogP contribution in [0.5, 0.6) is 5.75 Å². The van der Waals surface area contributed by atoms with Crippen LogP contribution in [0.2, 0.25) is 0 Å². The van der Waals surface area contributed by atoms with Crippen molar-refractivity contribution < 1.29 is 13.2 Å². The van der Waals surface area contributed by atoms with E-state index in [1.165, 1.54) is 0 Å². The van der Waals surface area contributed by atoms with E-state index in [-0.39, 0.29) is 11.8 Å². The Kier molecular flexibility index (Phi) is 2.90. The van der Waals surface area contributed by atoms with Crippen molar-refractivity contribution in [1.82, 2.24) is 0 Å². The molecule has 1 heterocycles. The molecule has 1 fully saturated rings. The maximum absolute atomic E-state index is 11.6. The van der Waals surface area contributed by atoms with Gasteiger partial charge in [-0.2, -0.15) is 0 Å². The summed E-state index contributed by atoms with van der Waals surface area (Å²) in [5.41, 5.74) is 6.46. The van der Waals surface area contributed by atoms with Crippen LogP contribution in [0.15, 0.2) is 24.3 Å². The molecule has 88 valence electrons. The minimum Gasteiger partial charge on any atom is -0.494 e. The standard InChI is InChI=1S/C11H15NO3S/c1-2-15-9-5-3-4-8(6-9)11-10(12)7-16(11,13)14/h3-6,10-11H,2,7,12H2,1H3. The lowest BCUT2D eigenvalue weighted by Crippen LogP contribution is -2.50. The Morgan fingerprint density at radius 3 is 2.81 bits per heavy atom. The third kappa shape index (κ3) is 1.92. The molecular formula is C11H15NO3S. The molecule has 2 N–H and O–H groups in total. The van der Waals surface area contributed by atoms with Crippen molar-refractivity contribution >= 4 is 9.84 Å². The van der Waals surface area contributed by atoms with E-state index >= 15 is 0 Å². The molecule has 4 nitrogen and oxygen atoms in total. The molecule has 2 unspecified atom stereocenters. The van der Waals surface area contributed by atoms with Crippen LogP contribution in [0, 0.1) is 0 Å².